The second kappa shape index (κ2) is 3.53. The van der Waals surface area contributed by atoms with Crippen molar-refractivity contribution in [3.63, 3.8) is 0 Å². The minimum absolute atomic E-state index is 0.749. The summed E-state index contributed by atoms with van der Waals surface area (Å²) >= 11 is 0. The Bertz CT molecular complexity index is 288. The predicted octanol–water partition coefficient (Wildman–Crippen LogP) is 3.76. The van der Waals surface area contributed by atoms with E-state index in [1.807, 2.05) is 0 Å². The second-order valence-corrected chi connectivity index (χ2v) is 4.36. The Balaban J connectivity index is 2.40. The third kappa shape index (κ3) is 1.63. The van der Waals surface area contributed by atoms with Gasteiger partial charge in [0.05, 0.1) is 0 Å². The van der Waals surface area contributed by atoms with Crippen molar-refractivity contribution in [1.29, 1.82) is 0 Å². The number of benzene rings is 1. The van der Waals surface area contributed by atoms with Crippen molar-refractivity contribution in [3.8, 4) is 0 Å². The monoisotopic (exact) mass is 174 g/mol. The quantitative estimate of drug-likeness (QED) is 0.525. The molecule has 1 aromatic carbocycles. The van der Waals surface area contributed by atoms with E-state index >= 15 is 0 Å². The summed E-state index contributed by atoms with van der Waals surface area (Å²) in [7, 11) is 0. The van der Waals surface area contributed by atoms with Crippen molar-refractivity contribution < 1.29 is 0 Å². The van der Waals surface area contributed by atoms with E-state index < -0.39 is 0 Å². The number of fused-ring (bicyclic) bond motifs is 1. The van der Waals surface area contributed by atoms with Gasteiger partial charge in [-0.1, -0.05) is 38.1 Å². The highest BCUT2D eigenvalue weighted by Crippen LogP contribution is 2.33. The molecule has 0 saturated heterocycles. The maximum absolute atomic E-state index is 2.38. The Morgan fingerprint density at radius 1 is 1.15 bits per heavy atom. The molecule has 0 radical (unpaired) electrons. The second-order valence-electron chi connectivity index (χ2n) is 4.36. The molecule has 0 nitrogen and oxygen atoms in total. The summed E-state index contributed by atoms with van der Waals surface area (Å²) in [5, 5.41) is 0. The van der Waals surface area contributed by atoms with Gasteiger partial charge in [-0.25, -0.2) is 0 Å². The van der Waals surface area contributed by atoms with Crippen LogP contribution in [0.15, 0.2) is 24.3 Å². The molecule has 2 rings (SSSR count). The van der Waals surface area contributed by atoms with Crippen molar-refractivity contribution in [3.05, 3.63) is 35.4 Å². The first-order chi connectivity index (χ1) is 6.29. The Kier molecular flexibility index (Phi) is 2.39. The standard InChI is InChI=1S/C13H18/c1-10-6-5-8-12-7-3-4-9-13(12)11(10)2/h3-4,7,9-11H,5-6,8H2,1-2H3. The molecule has 0 N–H and O–H groups in total. The highest BCUT2D eigenvalue weighted by atomic mass is 14.2. The maximum Gasteiger partial charge on any atom is -0.0162 e. The lowest BCUT2D eigenvalue weighted by molar-refractivity contribution is 0.455. The molecule has 1 aliphatic carbocycles. The minimum atomic E-state index is 0.749. The number of hydrogen-bond acceptors (Lipinski definition) is 0. The molecule has 0 fully saturated rings. The first-order valence-corrected chi connectivity index (χ1v) is 5.37. The lowest BCUT2D eigenvalue weighted by Gasteiger charge is -2.18. The summed E-state index contributed by atoms with van der Waals surface area (Å²) in [4.78, 5) is 0. The molecule has 70 valence electrons. The van der Waals surface area contributed by atoms with Crippen LogP contribution in [0.25, 0.3) is 0 Å². The smallest absolute Gasteiger partial charge is 0.0162 e. The minimum Gasteiger partial charge on any atom is -0.0620 e. The summed E-state index contributed by atoms with van der Waals surface area (Å²) in [5.74, 6) is 1.60. The first-order valence-electron chi connectivity index (χ1n) is 5.37. The molecule has 0 heteroatoms. The van der Waals surface area contributed by atoms with Gasteiger partial charge in [-0.05, 0) is 42.2 Å². The molecular weight excluding hydrogens is 156 g/mol. The van der Waals surface area contributed by atoms with Crippen molar-refractivity contribution in [2.45, 2.75) is 39.0 Å². The molecule has 1 aliphatic rings. The van der Waals surface area contributed by atoms with Gasteiger partial charge in [-0.2, -0.15) is 0 Å². The molecule has 0 bridgehead atoms. The van der Waals surface area contributed by atoms with Crippen LogP contribution in [0.1, 0.15) is 43.7 Å². The van der Waals surface area contributed by atoms with E-state index in [4.69, 9.17) is 0 Å². The summed E-state index contributed by atoms with van der Waals surface area (Å²) in [5.41, 5.74) is 3.17. The highest BCUT2D eigenvalue weighted by molar-refractivity contribution is 5.31. The van der Waals surface area contributed by atoms with Gasteiger partial charge in [0.1, 0.15) is 0 Å². The van der Waals surface area contributed by atoms with Crippen LogP contribution in [0.5, 0.6) is 0 Å². The van der Waals surface area contributed by atoms with Crippen LogP contribution in [0.3, 0.4) is 0 Å². The van der Waals surface area contributed by atoms with Crippen LogP contribution in [0.4, 0.5) is 0 Å². The Morgan fingerprint density at radius 3 is 2.77 bits per heavy atom. The summed E-state index contributed by atoms with van der Waals surface area (Å²) in [6, 6.07) is 8.95. The van der Waals surface area contributed by atoms with E-state index in [1.165, 1.54) is 19.3 Å². The van der Waals surface area contributed by atoms with Crippen LogP contribution in [0.2, 0.25) is 0 Å². The fourth-order valence-corrected chi connectivity index (χ4v) is 2.38. The topological polar surface area (TPSA) is 0 Å². The SMILES string of the molecule is CC1CCCc2ccccc2C1C. The van der Waals surface area contributed by atoms with Gasteiger partial charge >= 0.3 is 0 Å². The van der Waals surface area contributed by atoms with Crippen LogP contribution in [0, 0.1) is 5.92 Å². The van der Waals surface area contributed by atoms with Crippen molar-refractivity contribution >= 4 is 0 Å². The van der Waals surface area contributed by atoms with Crippen molar-refractivity contribution in [2.75, 3.05) is 0 Å². The highest BCUT2D eigenvalue weighted by Gasteiger charge is 2.19. The number of hydrogen-bond donors (Lipinski definition) is 0. The van der Waals surface area contributed by atoms with Crippen LogP contribution >= 0.6 is 0 Å². The van der Waals surface area contributed by atoms with E-state index in [9.17, 15) is 0 Å². The van der Waals surface area contributed by atoms with Gasteiger partial charge in [0.15, 0.2) is 0 Å². The summed E-state index contributed by atoms with van der Waals surface area (Å²) in [6.07, 6.45) is 4.03. The number of aryl methyl sites for hydroxylation is 1. The van der Waals surface area contributed by atoms with Gasteiger partial charge in [0, 0.05) is 0 Å². The van der Waals surface area contributed by atoms with Crippen molar-refractivity contribution in [1.82, 2.24) is 0 Å². The zero-order valence-electron chi connectivity index (χ0n) is 8.59. The zero-order valence-corrected chi connectivity index (χ0v) is 8.59. The fraction of sp³-hybridized carbons (Fsp3) is 0.538. The molecule has 0 heterocycles. The van der Waals surface area contributed by atoms with Crippen LogP contribution < -0.4 is 0 Å². The normalized spacial score (nSPS) is 27.8. The van der Waals surface area contributed by atoms with Crippen LogP contribution in [-0.4, -0.2) is 0 Å². The van der Waals surface area contributed by atoms with E-state index in [-0.39, 0.29) is 0 Å². The molecule has 13 heavy (non-hydrogen) atoms. The fourth-order valence-electron chi connectivity index (χ4n) is 2.38. The van der Waals surface area contributed by atoms with E-state index in [0.29, 0.717) is 0 Å². The zero-order chi connectivity index (χ0) is 9.26. The Labute approximate surface area is 81.0 Å². The van der Waals surface area contributed by atoms with Gasteiger partial charge in [-0.3, -0.25) is 0 Å². The largest absolute Gasteiger partial charge is 0.0620 e. The van der Waals surface area contributed by atoms with Gasteiger partial charge in [-0.15, -0.1) is 0 Å². The average Bonchev–Trinajstić information content (AvgIpc) is 2.29. The van der Waals surface area contributed by atoms with Crippen LogP contribution in [-0.2, 0) is 6.42 Å². The Hall–Kier alpha value is -0.780. The average molecular weight is 174 g/mol. The molecule has 1 aromatic rings. The van der Waals surface area contributed by atoms with Gasteiger partial charge in [0.2, 0.25) is 0 Å². The van der Waals surface area contributed by atoms with Gasteiger partial charge < -0.3 is 0 Å². The molecule has 0 aromatic heterocycles. The Morgan fingerprint density at radius 2 is 1.92 bits per heavy atom. The predicted molar refractivity (Wildman–Crippen MR) is 57.0 cm³/mol. The molecule has 0 amide bonds. The van der Waals surface area contributed by atoms with E-state index in [1.54, 1.807) is 11.1 Å². The van der Waals surface area contributed by atoms with Crippen molar-refractivity contribution in [2.24, 2.45) is 5.92 Å². The number of rotatable bonds is 0. The van der Waals surface area contributed by atoms with Gasteiger partial charge in [0.25, 0.3) is 0 Å². The lowest BCUT2D eigenvalue weighted by Crippen LogP contribution is -2.04. The third-order valence-corrected chi connectivity index (χ3v) is 3.50. The molecular formula is C13H18. The molecule has 0 aliphatic heterocycles. The summed E-state index contributed by atoms with van der Waals surface area (Å²) in [6.45, 7) is 4.75. The molecule has 0 spiro atoms. The summed E-state index contributed by atoms with van der Waals surface area (Å²) < 4.78 is 0. The maximum atomic E-state index is 2.38. The molecule has 0 saturated carbocycles. The molecule has 2 atom stereocenters. The molecule has 2 unspecified atom stereocenters. The van der Waals surface area contributed by atoms with E-state index in [2.05, 4.69) is 38.1 Å². The third-order valence-electron chi connectivity index (χ3n) is 3.50. The van der Waals surface area contributed by atoms with E-state index in [0.717, 1.165) is 11.8 Å². The first kappa shape index (κ1) is 8.80. The lowest BCUT2D eigenvalue weighted by atomic mass is 9.87.